The molecule has 0 bridgehead atoms. The monoisotopic (exact) mass is 232 g/mol. The van der Waals surface area contributed by atoms with Gasteiger partial charge < -0.3 is 4.98 Å². The largest absolute Gasteiger partial charge is 0.361 e. The molecule has 0 saturated carbocycles. The average Bonchev–Trinajstić information content (AvgIpc) is 2.81. The van der Waals surface area contributed by atoms with Gasteiger partial charge in [-0.2, -0.15) is 5.26 Å². The number of H-pyrrole nitrogens is 1. The first kappa shape index (κ1) is 10.6. The van der Waals surface area contributed by atoms with Crippen molar-refractivity contribution in [3.8, 4) is 17.2 Å². The van der Waals surface area contributed by atoms with E-state index in [9.17, 15) is 5.26 Å². The van der Waals surface area contributed by atoms with Crippen molar-refractivity contribution in [3.63, 3.8) is 0 Å². The zero-order valence-electron chi connectivity index (χ0n) is 10.1. The van der Waals surface area contributed by atoms with E-state index in [1.165, 1.54) is 5.56 Å². The van der Waals surface area contributed by atoms with Gasteiger partial charge in [-0.05, 0) is 24.6 Å². The quantitative estimate of drug-likeness (QED) is 0.676. The number of hydrogen-bond donors (Lipinski definition) is 1. The average molecular weight is 232 g/mol. The molecule has 0 spiro atoms. The van der Waals surface area contributed by atoms with Crippen LogP contribution in [0.15, 0.2) is 48.7 Å². The second-order valence-electron chi connectivity index (χ2n) is 4.41. The van der Waals surface area contributed by atoms with Gasteiger partial charge in [0, 0.05) is 28.2 Å². The van der Waals surface area contributed by atoms with Crippen molar-refractivity contribution in [2.75, 3.05) is 0 Å². The molecule has 0 atom stereocenters. The van der Waals surface area contributed by atoms with Crippen LogP contribution in [0.3, 0.4) is 0 Å². The highest BCUT2D eigenvalue weighted by Gasteiger charge is 2.09. The van der Waals surface area contributed by atoms with Crippen LogP contribution in [0.5, 0.6) is 0 Å². The molecule has 2 nitrogen and oxygen atoms in total. The van der Waals surface area contributed by atoms with Gasteiger partial charge in [0.15, 0.2) is 0 Å². The van der Waals surface area contributed by atoms with Gasteiger partial charge in [0.1, 0.15) is 0 Å². The molecule has 0 aliphatic carbocycles. The van der Waals surface area contributed by atoms with Crippen LogP contribution in [0, 0.1) is 18.3 Å². The number of nitriles is 1. The molecule has 0 aliphatic heterocycles. The molecule has 1 N–H and O–H groups in total. The lowest BCUT2D eigenvalue weighted by molar-refractivity contribution is 1.44. The molecule has 0 amide bonds. The first-order chi connectivity index (χ1) is 8.79. The summed E-state index contributed by atoms with van der Waals surface area (Å²) < 4.78 is 0. The summed E-state index contributed by atoms with van der Waals surface area (Å²) >= 11 is 0. The number of aromatic amines is 1. The summed E-state index contributed by atoms with van der Waals surface area (Å²) in [5, 5.41) is 10.3. The fourth-order valence-electron chi connectivity index (χ4n) is 2.28. The fraction of sp³-hybridized carbons (Fsp3) is 0.0625. The fourth-order valence-corrected chi connectivity index (χ4v) is 2.28. The molecule has 3 rings (SSSR count). The third-order valence-corrected chi connectivity index (χ3v) is 3.17. The second-order valence-corrected chi connectivity index (χ2v) is 4.41. The topological polar surface area (TPSA) is 39.6 Å². The summed E-state index contributed by atoms with van der Waals surface area (Å²) in [6.45, 7) is 2.07. The SMILES string of the molecule is Cc1ccc2c(-c3ccccc3C#N)c[nH]c2c1. The van der Waals surface area contributed by atoms with Gasteiger partial charge in [0.05, 0.1) is 11.6 Å². The Morgan fingerprint density at radius 3 is 2.72 bits per heavy atom. The van der Waals surface area contributed by atoms with Crippen LogP contribution in [0.25, 0.3) is 22.0 Å². The molecule has 2 aromatic carbocycles. The summed E-state index contributed by atoms with van der Waals surface area (Å²) in [5.41, 5.74) is 5.11. The highest BCUT2D eigenvalue weighted by molar-refractivity contribution is 5.97. The molecule has 1 heterocycles. The number of rotatable bonds is 1. The van der Waals surface area contributed by atoms with E-state index in [0.29, 0.717) is 5.56 Å². The Morgan fingerprint density at radius 2 is 1.89 bits per heavy atom. The van der Waals surface area contributed by atoms with Crippen molar-refractivity contribution in [2.45, 2.75) is 6.92 Å². The first-order valence-corrected chi connectivity index (χ1v) is 5.87. The van der Waals surface area contributed by atoms with Crippen molar-refractivity contribution in [3.05, 3.63) is 59.8 Å². The minimum absolute atomic E-state index is 0.707. The minimum Gasteiger partial charge on any atom is -0.361 e. The van der Waals surface area contributed by atoms with Crippen molar-refractivity contribution in [1.29, 1.82) is 5.26 Å². The molecule has 18 heavy (non-hydrogen) atoms. The Bertz CT molecular complexity index is 760. The van der Waals surface area contributed by atoms with E-state index in [1.54, 1.807) is 0 Å². The molecule has 0 fully saturated rings. The van der Waals surface area contributed by atoms with Gasteiger partial charge in [0.25, 0.3) is 0 Å². The number of fused-ring (bicyclic) bond motifs is 1. The van der Waals surface area contributed by atoms with Crippen molar-refractivity contribution in [2.24, 2.45) is 0 Å². The van der Waals surface area contributed by atoms with Crippen molar-refractivity contribution < 1.29 is 0 Å². The van der Waals surface area contributed by atoms with Gasteiger partial charge >= 0.3 is 0 Å². The maximum atomic E-state index is 9.17. The first-order valence-electron chi connectivity index (χ1n) is 5.87. The van der Waals surface area contributed by atoms with E-state index in [2.05, 4.69) is 36.2 Å². The van der Waals surface area contributed by atoms with Gasteiger partial charge in [-0.1, -0.05) is 30.3 Å². The summed E-state index contributed by atoms with van der Waals surface area (Å²) in [5.74, 6) is 0. The Hall–Kier alpha value is -2.53. The lowest BCUT2D eigenvalue weighted by Gasteiger charge is -2.02. The van der Waals surface area contributed by atoms with Crippen molar-refractivity contribution >= 4 is 10.9 Å². The molecule has 0 unspecified atom stereocenters. The number of nitrogens with zero attached hydrogens (tertiary/aromatic N) is 1. The minimum atomic E-state index is 0.707. The van der Waals surface area contributed by atoms with Crippen LogP contribution < -0.4 is 0 Å². The number of hydrogen-bond acceptors (Lipinski definition) is 1. The van der Waals surface area contributed by atoms with Crippen LogP contribution in [-0.2, 0) is 0 Å². The molecular formula is C16H12N2. The van der Waals surface area contributed by atoms with Gasteiger partial charge in [0.2, 0.25) is 0 Å². The predicted molar refractivity (Wildman–Crippen MR) is 73.2 cm³/mol. The summed E-state index contributed by atoms with van der Waals surface area (Å²) in [7, 11) is 0. The van der Waals surface area contributed by atoms with E-state index in [-0.39, 0.29) is 0 Å². The van der Waals surface area contributed by atoms with Crippen LogP contribution >= 0.6 is 0 Å². The van der Waals surface area contributed by atoms with Gasteiger partial charge in [-0.3, -0.25) is 0 Å². The zero-order valence-corrected chi connectivity index (χ0v) is 10.1. The summed E-state index contributed by atoms with van der Waals surface area (Å²) in [4.78, 5) is 3.27. The summed E-state index contributed by atoms with van der Waals surface area (Å²) in [6, 6.07) is 16.2. The number of benzene rings is 2. The Balaban J connectivity index is 2.30. The molecule has 86 valence electrons. The van der Waals surface area contributed by atoms with Crippen LogP contribution in [-0.4, -0.2) is 4.98 Å². The maximum absolute atomic E-state index is 9.17. The lowest BCUT2D eigenvalue weighted by Crippen LogP contribution is -1.82. The van der Waals surface area contributed by atoms with Gasteiger partial charge in [-0.15, -0.1) is 0 Å². The van der Waals surface area contributed by atoms with Crippen molar-refractivity contribution in [1.82, 2.24) is 4.98 Å². The van der Waals surface area contributed by atoms with E-state index < -0.39 is 0 Å². The number of aromatic nitrogens is 1. The Kier molecular flexibility index (Phi) is 2.39. The van der Waals surface area contributed by atoms with E-state index in [0.717, 1.165) is 22.0 Å². The molecule has 2 heteroatoms. The smallest absolute Gasteiger partial charge is 0.0998 e. The molecule has 3 aromatic rings. The Labute approximate surface area is 106 Å². The molecule has 0 radical (unpaired) electrons. The van der Waals surface area contributed by atoms with Crippen LogP contribution in [0.2, 0.25) is 0 Å². The predicted octanol–water partition coefficient (Wildman–Crippen LogP) is 4.02. The lowest BCUT2D eigenvalue weighted by atomic mass is 9.99. The third-order valence-electron chi connectivity index (χ3n) is 3.17. The zero-order chi connectivity index (χ0) is 12.5. The van der Waals surface area contributed by atoms with Crippen LogP contribution in [0.1, 0.15) is 11.1 Å². The standard InChI is InChI=1S/C16H12N2/c1-11-6-7-14-15(10-18-16(14)8-11)13-5-3-2-4-12(13)9-17/h2-8,10,18H,1H3. The normalized spacial score (nSPS) is 10.4. The molecule has 0 aliphatic rings. The van der Waals surface area contributed by atoms with E-state index >= 15 is 0 Å². The van der Waals surface area contributed by atoms with E-state index in [4.69, 9.17) is 0 Å². The Morgan fingerprint density at radius 1 is 1.06 bits per heavy atom. The molecule has 0 saturated heterocycles. The summed E-state index contributed by atoms with van der Waals surface area (Å²) in [6.07, 6.45) is 1.97. The number of aryl methyl sites for hydroxylation is 1. The third kappa shape index (κ3) is 1.57. The molecular weight excluding hydrogens is 220 g/mol. The second kappa shape index (κ2) is 4.05. The van der Waals surface area contributed by atoms with E-state index in [1.807, 2.05) is 30.5 Å². The van der Waals surface area contributed by atoms with Gasteiger partial charge in [-0.25, -0.2) is 0 Å². The van der Waals surface area contributed by atoms with Crippen LogP contribution in [0.4, 0.5) is 0 Å². The highest BCUT2D eigenvalue weighted by atomic mass is 14.7. The maximum Gasteiger partial charge on any atom is 0.0998 e. The molecule has 1 aromatic heterocycles. The number of nitrogens with one attached hydrogen (secondary N) is 1. The highest BCUT2D eigenvalue weighted by Crippen LogP contribution is 2.31.